The second-order valence-corrected chi connectivity index (χ2v) is 7.66. The minimum absolute atomic E-state index is 0.0245. The highest BCUT2D eigenvalue weighted by Crippen LogP contribution is 2.35. The quantitative estimate of drug-likeness (QED) is 0.322. The SMILES string of the molecule is Cc1ccc(Sc2ccc(C=NNC(=O)c3ccc(Cl)cc3)cc2[N+](=O)[O-])cc1. The van der Waals surface area contributed by atoms with E-state index in [9.17, 15) is 14.9 Å². The van der Waals surface area contributed by atoms with Crippen molar-refractivity contribution in [3.63, 3.8) is 0 Å². The molecule has 8 heteroatoms. The Hall–Kier alpha value is -3.16. The molecule has 6 nitrogen and oxygen atoms in total. The number of nitrogens with one attached hydrogen (secondary N) is 1. The molecule has 0 aliphatic rings. The summed E-state index contributed by atoms with van der Waals surface area (Å²) in [5, 5.41) is 15.9. The third kappa shape index (κ3) is 5.66. The van der Waals surface area contributed by atoms with Gasteiger partial charge in [-0.3, -0.25) is 14.9 Å². The van der Waals surface area contributed by atoms with Crippen molar-refractivity contribution in [1.82, 2.24) is 5.43 Å². The maximum Gasteiger partial charge on any atom is 0.283 e. The zero-order valence-electron chi connectivity index (χ0n) is 15.3. The number of benzene rings is 3. The van der Waals surface area contributed by atoms with E-state index >= 15 is 0 Å². The van der Waals surface area contributed by atoms with Crippen LogP contribution in [0.2, 0.25) is 5.02 Å². The molecule has 1 N–H and O–H groups in total. The van der Waals surface area contributed by atoms with Crippen LogP contribution in [0.4, 0.5) is 5.69 Å². The van der Waals surface area contributed by atoms with E-state index in [0.717, 1.165) is 10.5 Å². The van der Waals surface area contributed by atoms with E-state index in [0.29, 0.717) is 21.0 Å². The summed E-state index contributed by atoms with van der Waals surface area (Å²) in [6, 6.07) is 18.9. The van der Waals surface area contributed by atoms with Crippen molar-refractivity contribution in [2.24, 2.45) is 5.10 Å². The minimum Gasteiger partial charge on any atom is -0.267 e. The number of rotatable bonds is 6. The average Bonchev–Trinajstić information content (AvgIpc) is 2.71. The van der Waals surface area contributed by atoms with Crippen molar-refractivity contribution in [1.29, 1.82) is 0 Å². The number of nitro benzene ring substituents is 1. The largest absolute Gasteiger partial charge is 0.283 e. The molecule has 0 saturated carbocycles. The number of aryl methyl sites for hydroxylation is 1. The van der Waals surface area contributed by atoms with Crippen molar-refractivity contribution in [2.75, 3.05) is 0 Å². The van der Waals surface area contributed by atoms with Crippen LogP contribution in [0, 0.1) is 17.0 Å². The lowest BCUT2D eigenvalue weighted by Crippen LogP contribution is -2.17. The Bertz CT molecular complexity index is 1070. The van der Waals surface area contributed by atoms with Gasteiger partial charge in [-0.2, -0.15) is 5.10 Å². The molecule has 0 aromatic heterocycles. The number of halogens is 1. The Kier molecular flexibility index (Phi) is 6.64. The molecule has 0 saturated heterocycles. The monoisotopic (exact) mass is 425 g/mol. The smallest absolute Gasteiger partial charge is 0.267 e. The topological polar surface area (TPSA) is 84.6 Å². The van der Waals surface area contributed by atoms with E-state index in [1.165, 1.54) is 24.0 Å². The third-order valence-electron chi connectivity index (χ3n) is 3.91. The van der Waals surface area contributed by atoms with E-state index in [-0.39, 0.29) is 5.69 Å². The van der Waals surface area contributed by atoms with Gasteiger partial charge in [0.05, 0.1) is 16.0 Å². The van der Waals surface area contributed by atoms with Gasteiger partial charge in [0, 0.05) is 27.1 Å². The number of amides is 1. The standard InChI is InChI=1S/C21H16ClN3O3S/c1-14-2-9-18(10-3-14)29-20-11-4-15(12-19(20)25(27)28)13-23-24-21(26)16-5-7-17(22)8-6-16/h2-13H,1H3,(H,24,26). The molecule has 0 fully saturated rings. The number of nitro groups is 1. The van der Waals surface area contributed by atoms with Crippen LogP contribution >= 0.6 is 23.4 Å². The summed E-state index contributed by atoms with van der Waals surface area (Å²) in [7, 11) is 0. The lowest BCUT2D eigenvalue weighted by molar-refractivity contribution is -0.387. The summed E-state index contributed by atoms with van der Waals surface area (Å²) in [4.78, 5) is 24.5. The first kappa shape index (κ1) is 20.6. The first-order chi connectivity index (χ1) is 13.9. The van der Waals surface area contributed by atoms with Crippen LogP contribution in [0.15, 0.2) is 81.6 Å². The van der Waals surface area contributed by atoms with Crippen molar-refractivity contribution >= 4 is 41.2 Å². The molecule has 0 heterocycles. The summed E-state index contributed by atoms with van der Waals surface area (Å²) >= 11 is 7.11. The maximum atomic E-state index is 12.0. The number of carbonyl (C=O) groups excluding carboxylic acids is 1. The molecule has 29 heavy (non-hydrogen) atoms. The fourth-order valence-corrected chi connectivity index (χ4v) is 3.43. The molecular weight excluding hydrogens is 410 g/mol. The average molecular weight is 426 g/mol. The lowest BCUT2D eigenvalue weighted by Gasteiger charge is -2.05. The lowest BCUT2D eigenvalue weighted by atomic mass is 10.2. The van der Waals surface area contributed by atoms with Gasteiger partial charge in [-0.05, 0) is 49.4 Å². The van der Waals surface area contributed by atoms with E-state index in [1.807, 2.05) is 31.2 Å². The summed E-state index contributed by atoms with van der Waals surface area (Å²) in [6.07, 6.45) is 1.36. The Balaban J connectivity index is 1.73. The normalized spacial score (nSPS) is 10.8. The van der Waals surface area contributed by atoms with Crippen LogP contribution in [-0.4, -0.2) is 17.0 Å². The Morgan fingerprint density at radius 3 is 2.45 bits per heavy atom. The molecule has 0 aliphatic carbocycles. The van der Waals surface area contributed by atoms with Gasteiger partial charge in [-0.25, -0.2) is 5.43 Å². The number of hydrogen-bond donors (Lipinski definition) is 1. The predicted molar refractivity (Wildman–Crippen MR) is 115 cm³/mol. The first-order valence-electron chi connectivity index (χ1n) is 8.54. The van der Waals surface area contributed by atoms with E-state index in [2.05, 4.69) is 10.5 Å². The summed E-state index contributed by atoms with van der Waals surface area (Å²) < 4.78 is 0. The van der Waals surface area contributed by atoms with Crippen molar-refractivity contribution in [2.45, 2.75) is 16.7 Å². The van der Waals surface area contributed by atoms with Gasteiger partial charge >= 0.3 is 0 Å². The van der Waals surface area contributed by atoms with Crippen LogP contribution in [0.25, 0.3) is 0 Å². The van der Waals surface area contributed by atoms with Crippen LogP contribution in [0.5, 0.6) is 0 Å². The highest BCUT2D eigenvalue weighted by atomic mass is 35.5. The van der Waals surface area contributed by atoms with E-state index in [4.69, 9.17) is 11.6 Å². The molecule has 0 bridgehead atoms. The molecular formula is C21H16ClN3O3S. The van der Waals surface area contributed by atoms with Gasteiger partial charge in [0.15, 0.2) is 0 Å². The highest BCUT2D eigenvalue weighted by Gasteiger charge is 2.15. The summed E-state index contributed by atoms with van der Waals surface area (Å²) in [5.74, 6) is -0.404. The fourth-order valence-electron chi connectivity index (χ4n) is 2.41. The van der Waals surface area contributed by atoms with Gasteiger partial charge in [0.1, 0.15) is 0 Å². The number of nitrogens with zero attached hydrogens (tertiary/aromatic N) is 2. The van der Waals surface area contributed by atoms with Gasteiger partial charge in [-0.1, -0.05) is 47.1 Å². The van der Waals surface area contributed by atoms with Crippen LogP contribution in [0.3, 0.4) is 0 Å². The predicted octanol–water partition coefficient (Wildman–Crippen LogP) is 5.47. The van der Waals surface area contributed by atoms with E-state index < -0.39 is 10.8 Å². The summed E-state index contributed by atoms with van der Waals surface area (Å²) in [5.41, 5.74) is 4.39. The zero-order chi connectivity index (χ0) is 20.8. The highest BCUT2D eigenvalue weighted by molar-refractivity contribution is 7.99. The second-order valence-electron chi connectivity index (χ2n) is 6.11. The number of carbonyl (C=O) groups is 1. The molecule has 0 radical (unpaired) electrons. The van der Waals surface area contributed by atoms with Gasteiger partial charge < -0.3 is 0 Å². The number of hydrazone groups is 1. The molecule has 3 rings (SSSR count). The van der Waals surface area contributed by atoms with Gasteiger partial charge in [0.2, 0.25) is 0 Å². The van der Waals surface area contributed by atoms with Crippen molar-refractivity contribution < 1.29 is 9.72 Å². The zero-order valence-corrected chi connectivity index (χ0v) is 16.9. The van der Waals surface area contributed by atoms with Crippen LogP contribution < -0.4 is 5.43 Å². The van der Waals surface area contributed by atoms with Crippen molar-refractivity contribution in [3.8, 4) is 0 Å². The third-order valence-corrected chi connectivity index (χ3v) is 5.24. The molecule has 0 aliphatic heterocycles. The molecule has 3 aromatic rings. The number of hydrogen-bond acceptors (Lipinski definition) is 5. The maximum absolute atomic E-state index is 12.0. The van der Waals surface area contributed by atoms with Crippen molar-refractivity contribution in [3.05, 3.63) is 98.6 Å². The Labute approximate surface area is 176 Å². The Morgan fingerprint density at radius 2 is 1.79 bits per heavy atom. The molecule has 0 atom stereocenters. The molecule has 0 unspecified atom stereocenters. The minimum atomic E-state index is -0.430. The van der Waals surface area contributed by atoms with Gasteiger partial charge in [-0.15, -0.1) is 0 Å². The molecule has 1 amide bonds. The van der Waals surface area contributed by atoms with Gasteiger partial charge in [0.25, 0.3) is 11.6 Å². The first-order valence-corrected chi connectivity index (χ1v) is 9.74. The molecule has 0 spiro atoms. The molecule has 3 aromatic carbocycles. The van der Waals surface area contributed by atoms with E-state index in [1.54, 1.807) is 36.4 Å². The Morgan fingerprint density at radius 1 is 1.10 bits per heavy atom. The van der Waals surface area contributed by atoms with Crippen LogP contribution in [0.1, 0.15) is 21.5 Å². The second kappa shape index (κ2) is 9.36. The van der Waals surface area contributed by atoms with Crippen LogP contribution in [-0.2, 0) is 0 Å². The fraction of sp³-hybridized carbons (Fsp3) is 0.0476. The summed E-state index contributed by atoms with van der Waals surface area (Å²) in [6.45, 7) is 1.98. The molecule has 146 valence electrons.